The molecule has 4 N–H and O–H groups in total. The van der Waals surface area contributed by atoms with Crippen LogP contribution in [0.4, 0.5) is 5.69 Å². The smallest absolute Gasteiger partial charge is 0.269 e. The van der Waals surface area contributed by atoms with Crippen LogP contribution in [-0.4, -0.2) is 33.9 Å². The second kappa shape index (κ2) is 7.07. The molecular weight excluding hydrogens is 362 g/mol. The molecule has 2 aromatic carbocycles. The fourth-order valence-corrected chi connectivity index (χ4v) is 2.91. The molecule has 4 rings (SSSR count). The second-order valence-electron chi connectivity index (χ2n) is 6.35. The molecule has 2 heterocycles. The molecular formula is C20H19N3O5. The number of anilines is 1. The molecule has 1 amide bonds. The van der Waals surface area contributed by atoms with E-state index >= 15 is 0 Å². The lowest BCUT2D eigenvalue weighted by Gasteiger charge is -2.19. The van der Waals surface area contributed by atoms with Gasteiger partial charge in [0.2, 0.25) is 11.8 Å². The lowest BCUT2D eigenvalue weighted by molar-refractivity contribution is 0.0962. The monoisotopic (exact) mass is 381 g/mol. The number of carbonyl (C=O) groups is 1. The van der Waals surface area contributed by atoms with Crippen molar-refractivity contribution >= 4 is 11.6 Å². The maximum Gasteiger partial charge on any atom is 0.269 e. The number of hydrogen-bond acceptors (Lipinski definition) is 6. The zero-order chi connectivity index (χ0) is 19.7. The van der Waals surface area contributed by atoms with E-state index in [2.05, 4.69) is 10.9 Å². The molecule has 1 aliphatic rings. The van der Waals surface area contributed by atoms with Crippen molar-refractivity contribution in [1.82, 2.24) is 9.99 Å². The largest absolute Gasteiger partial charge is 0.494 e. The van der Waals surface area contributed by atoms with Crippen LogP contribution in [-0.2, 0) is 0 Å². The quantitative estimate of drug-likeness (QED) is 0.518. The second-order valence-corrected chi connectivity index (χ2v) is 6.35. The van der Waals surface area contributed by atoms with Crippen LogP contribution in [0, 0.1) is 6.92 Å². The predicted octanol–water partition coefficient (Wildman–Crippen LogP) is 2.73. The third kappa shape index (κ3) is 3.27. The van der Waals surface area contributed by atoms with Crippen molar-refractivity contribution in [2.45, 2.75) is 6.92 Å². The number of rotatable bonds is 4. The Labute approximate surface area is 160 Å². The molecule has 0 atom stereocenters. The Kier molecular flexibility index (Phi) is 4.44. The number of aromatic nitrogens is 1. The molecule has 0 spiro atoms. The van der Waals surface area contributed by atoms with Gasteiger partial charge in [0.25, 0.3) is 5.91 Å². The average Bonchev–Trinajstić information content (AvgIpc) is 2.99. The number of nitrogens with zero attached hydrogens (tertiary/aromatic N) is 1. The van der Waals surface area contributed by atoms with Gasteiger partial charge in [0, 0.05) is 17.7 Å². The molecule has 3 aromatic rings. The first-order valence-corrected chi connectivity index (χ1v) is 8.69. The van der Waals surface area contributed by atoms with Gasteiger partial charge in [-0.2, -0.15) is 0 Å². The van der Waals surface area contributed by atoms with Crippen molar-refractivity contribution in [3.8, 4) is 28.9 Å². The van der Waals surface area contributed by atoms with Crippen LogP contribution in [0.15, 0.2) is 48.5 Å². The van der Waals surface area contributed by atoms with Gasteiger partial charge in [0.15, 0.2) is 11.5 Å². The van der Waals surface area contributed by atoms with E-state index in [-0.39, 0.29) is 23.4 Å². The summed E-state index contributed by atoms with van der Waals surface area (Å²) in [6.07, 6.45) is 0. The van der Waals surface area contributed by atoms with Gasteiger partial charge in [-0.15, -0.1) is 0 Å². The Morgan fingerprint density at radius 2 is 1.71 bits per heavy atom. The van der Waals surface area contributed by atoms with E-state index in [0.717, 1.165) is 5.56 Å². The van der Waals surface area contributed by atoms with E-state index in [1.54, 1.807) is 30.3 Å². The summed E-state index contributed by atoms with van der Waals surface area (Å²) in [6, 6.07) is 13.4. The standard InChI is InChI=1S/C20H19N3O5/c1-12-2-4-13(5-3-12)19(25)22-21-15-11-18(24)23(20(15)26)14-6-7-16-17(10-14)28-9-8-27-16/h2-7,10-11,21,24,26H,8-9H2,1H3,(H,22,25). The number of hydrogen-bond donors (Lipinski definition) is 4. The summed E-state index contributed by atoms with van der Waals surface area (Å²) in [6.45, 7) is 2.83. The molecule has 0 bridgehead atoms. The summed E-state index contributed by atoms with van der Waals surface area (Å²) in [5.74, 6) is 0.286. The summed E-state index contributed by atoms with van der Waals surface area (Å²) in [5.41, 5.74) is 7.27. The highest BCUT2D eigenvalue weighted by Crippen LogP contribution is 2.38. The van der Waals surface area contributed by atoms with Crippen LogP contribution in [0.3, 0.4) is 0 Å². The predicted molar refractivity (Wildman–Crippen MR) is 102 cm³/mol. The van der Waals surface area contributed by atoms with Gasteiger partial charge in [-0.25, -0.2) is 4.57 Å². The molecule has 1 aromatic heterocycles. The van der Waals surface area contributed by atoms with E-state index in [1.807, 2.05) is 19.1 Å². The number of amides is 1. The lowest BCUT2D eigenvalue weighted by Crippen LogP contribution is -2.29. The minimum atomic E-state index is -0.369. The Balaban J connectivity index is 1.54. The van der Waals surface area contributed by atoms with Crippen molar-refractivity contribution in [3.63, 3.8) is 0 Å². The van der Waals surface area contributed by atoms with Crippen LogP contribution < -0.4 is 20.3 Å². The molecule has 1 aliphatic heterocycles. The van der Waals surface area contributed by atoms with Gasteiger partial charge in [-0.1, -0.05) is 17.7 Å². The Morgan fingerprint density at radius 3 is 2.46 bits per heavy atom. The van der Waals surface area contributed by atoms with Gasteiger partial charge in [-0.3, -0.25) is 15.6 Å². The van der Waals surface area contributed by atoms with E-state index < -0.39 is 0 Å². The molecule has 0 unspecified atom stereocenters. The van der Waals surface area contributed by atoms with Crippen molar-refractivity contribution in [2.24, 2.45) is 0 Å². The van der Waals surface area contributed by atoms with Crippen LogP contribution in [0.25, 0.3) is 5.69 Å². The van der Waals surface area contributed by atoms with Crippen molar-refractivity contribution in [3.05, 3.63) is 59.7 Å². The van der Waals surface area contributed by atoms with Crippen LogP contribution in [0.5, 0.6) is 23.3 Å². The van der Waals surface area contributed by atoms with Gasteiger partial charge in [0.05, 0.1) is 5.69 Å². The van der Waals surface area contributed by atoms with E-state index in [1.165, 1.54) is 10.6 Å². The van der Waals surface area contributed by atoms with Gasteiger partial charge >= 0.3 is 0 Å². The SMILES string of the molecule is Cc1ccc(C(=O)NNc2cc(O)n(-c3ccc4c(c3)OCCO4)c2O)cc1. The number of aryl methyl sites for hydroxylation is 1. The molecule has 144 valence electrons. The number of carbonyl (C=O) groups excluding carboxylic acids is 1. The summed E-state index contributed by atoms with van der Waals surface area (Å²) in [4.78, 5) is 12.2. The third-order valence-electron chi connectivity index (χ3n) is 4.36. The Morgan fingerprint density at radius 1 is 1.00 bits per heavy atom. The van der Waals surface area contributed by atoms with E-state index in [0.29, 0.717) is 36.0 Å². The van der Waals surface area contributed by atoms with Crippen LogP contribution in [0.1, 0.15) is 15.9 Å². The summed E-state index contributed by atoms with van der Waals surface area (Å²) in [7, 11) is 0. The highest BCUT2D eigenvalue weighted by Gasteiger charge is 2.19. The molecule has 0 saturated carbocycles. The normalized spacial score (nSPS) is 12.5. The van der Waals surface area contributed by atoms with Gasteiger partial charge in [0.1, 0.15) is 18.9 Å². The summed E-state index contributed by atoms with van der Waals surface area (Å²) >= 11 is 0. The molecule has 0 aliphatic carbocycles. The fourth-order valence-electron chi connectivity index (χ4n) is 2.91. The Bertz CT molecular complexity index is 1030. The van der Waals surface area contributed by atoms with Gasteiger partial charge in [-0.05, 0) is 31.2 Å². The number of nitrogens with one attached hydrogen (secondary N) is 2. The van der Waals surface area contributed by atoms with Crippen molar-refractivity contribution < 1.29 is 24.5 Å². The molecule has 0 fully saturated rings. The number of ether oxygens (including phenoxy) is 2. The number of benzene rings is 2. The van der Waals surface area contributed by atoms with Crippen molar-refractivity contribution in [1.29, 1.82) is 0 Å². The highest BCUT2D eigenvalue weighted by molar-refractivity contribution is 5.95. The van der Waals surface area contributed by atoms with Crippen molar-refractivity contribution in [2.75, 3.05) is 18.6 Å². The first-order chi connectivity index (χ1) is 13.5. The fraction of sp³-hybridized carbons (Fsp3) is 0.150. The lowest BCUT2D eigenvalue weighted by atomic mass is 10.1. The molecule has 0 radical (unpaired) electrons. The van der Waals surface area contributed by atoms with E-state index in [9.17, 15) is 15.0 Å². The molecule has 28 heavy (non-hydrogen) atoms. The number of hydrazine groups is 1. The van der Waals surface area contributed by atoms with Crippen LogP contribution in [0.2, 0.25) is 0 Å². The number of aromatic hydroxyl groups is 2. The average molecular weight is 381 g/mol. The minimum absolute atomic E-state index is 0.146. The molecule has 8 nitrogen and oxygen atoms in total. The molecule has 0 saturated heterocycles. The van der Waals surface area contributed by atoms with E-state index in [4.69, 9.17) is 9.47 Å². The minimum Gasteiger partial charge on any atom is -0.494 e. The molecule has 8 heteroatoms. The van der Waals surface area contributed by atoms with Crippen LogP contribution >= 0.6 is 0 Å². The summed E-state index contributed by atoms with van der Waals surface area (Å²) in [5, 5.41) is 20.8. The maximum absolute atomic E-state index is 12.2. The zero-order valence-corrected chi connectivity index (χ0v) is 15.1. The first-order valence-electron chi connectivity index (χ1n) is 8.69. The number of fused-ring (bicyclic) bond motifs is 1. The third-order valence-corrected chi connectivity index (χ3v) is 4.36. The maximum atomic E-state index is 12.2. The summed E-state index contributed by atoms with van der Waals surface area (Å²) < 4.78 is 12.2. The van der Waals surface area contributed by atoms with Gasteiger partial charge < -0.3 is 19.7 Å². The topological polar surface area (TPSA) is 105 Å². The Hall–Kier alpha value is -3.81. The zero-order valence-electron chi connectivity index (χ0n) is 15.1. The highest BCUT2D eigenvalue weighted by atomic mass is 16.6. The first kappa shape index (κ1) is 17.6.